The van der Waals surface area contributed by atoms with Crippen LogP contribution in [0, 0.1) is 6.92 Å². The molecule has 1 rings (SSSR count). The van der Waals surface area contributed by atoms with Crippen LogP contribution in [0.1, 0.15) is 5.56 Å². The monoisotopic (exact) mass is 220 g/mol. The molecule has 4 nitrogen and oxygen atoms in total. The van der Waals surface area contributed by atoms with Crippen LogP contribution in [0.4, 0.5) is 5.69 Å². The summed E-state index contributed by atoms with van der Waals surface area (Å²) in [4.78, 5) is -0.422. The van der Waals surface area contributed by atoms with Crippen molar-refractivity contribution in [3.05, 3.63) is 22.7 Å². The molecule has 0 aromatic heterocycles. The molecule has 0 atom stereocenters. The molecule has 0 saturated heterocycles. The number of rotatable bonds is 1. The number of nitrogens with two attached hydrogens (primary N) is 1. The van der Waals surface area contributed by atoms with Gasteiger partial charge < -0.3 is 10.3 Å². The molecule has 72 valence electrons. The smallest absolute Gasteiger partial charge is 0.126 e. The van der Waals surface area contributed by atoms with Gasteiger partial charge in [-0.15, -0.1) is 0 Å². The summed E-state index contributed by atoms with van der Waals surface area (Å²) in [6.45, 7) is 1.59. The first kappa shape index (κ1) is 10.3. The Kier molecular flexibility index (Phi) is 2.51. The second-order valence-corrected chi connectivity index (χ2v) is 4.35. The molecule has 1 aromatic rings. The highest BCUT2D eigenvalue weighted by atomic mass is 35.5. The van der Waals surface area contributed by atoms with Crippen LogP contribution >= 0.6 is 11.6 Å². The molecule has 0 unspecified atom stereocenters. The van der Waals surface area contributed by atoms with Gasteiger partial charge in [0.25, 0.3) is 0 Å². The minimum Gasteiger partial charge on any atom is -0.744 e. The molecule has 6 heteroatoms. The molecule has 0 radical (unpaired) electrons. The van der Waals surface area contributed by atoms with Crippen LogP contribution in [0.15, 0.2) is 17.0 Å². The lowest BCUT2D eigenvalue weighted by atomic mass is 10.2. The predicted molar refractivity (Wildman–Crippen MR) is 48.6 cm³/mol. The van der Waals surface area contributed by atoms with Gasteiger partial charge >= 0.3 is 0 Å². The normalized spacial score (nSPS) is 11.6. The lowest BCUT2D eigenvalue weighted by Crippen LogP contribution is -2.03. The Morgan fingerprint density at radius 1 is 1.46 bits per heavy atom. The fourth-order valence-corrected chi connectivity index (χ4v) is 1.73. The minimum atomic E-state index is -4.51. The first-order valence-electron chi connectivity index (χ1n) is 3.34. The summed E-state index contributed by atoms with van der Waals surface area (Å²) in [5.74, 6) is 0. The average Bonchev–Trinajstić information content (AvgIpc) is 1.94. The Bertz CT molecular complexity index is 441. The number of aryl methyl sites for hydroxylation is 1. The third-order valence-electron chi connectivity index (χ3n) is 1.56. The van der Waals surface area contributed by atoms with E-state index in [4.69, 9.17) is 17.3 Å². The van der Waals surface area contributed by atoms with Gasteiger partial charge in [-0.1, -0.05) is 11.6 Å². The Hall–Kier alpha value is -0.780. The molecule has 0 aliphatic carbocycles. The van der Waals surface area contributed by atoms with Gasteiger partial charge in [0.05, 0.1) is 10.6 Å². The van der Waals surface area contributed by atoms with Crippen molar-refractivity contribution in [1.29, 1.82) is 0 Å². The van der Waals surface area contributed by atoms with Gasteiger partial charge in [0.15, 0.2) is 0 Å². The molecule has 0 bridgehead atoms. The number of benzene rings is 1. The third kappa shape index (κ3) is 2.12. The van der Waals surface area contributed by atoms with Crippen LogP contribution in [0.5, 0.6) is 0 Å². The molecule has 0 saturated carbocycles. The van der Waals surface area contributed by atoms with Gasteiger partial charge in [0, 0.05) is 5.02 Å². The predicted octanol–water partition coefficient (Wildman–Crippen LogP) is 1.13. The summed E-state index contributed by atoms with van der Waals surface area (Å²) in [7, 11) is -4.51. The molecular formula is C7H7ClNO3S-. The molecule has 0 aliphatic heterocycles. The van der Waals surface area contributed by atoms with Gasteiger partial charge in [0.2, 0.25) is 0 Å². The Morgan fingerprint density at radius 3 is 2.46 bits per heavy atom. The molecule has 0 spiro atoms. The highest BCUT2D eigenvalue weighted by Gasteiger charge is 2.08. The van der Waals surface area contributed by atoms with E-state index >= 15 is 0 Å². The van der Waals surface area contributed by atoms with Gasteiger partial charge in [-0.2, -0.15) is 0 Å². The van der Waals surface area contributed by atoms with E-state index in [0.29, 0.717) is 10.6 Å². The van der Waals surface area contributed by atoms with E-state index in [1.54, 1.807) is 6.92 Å². The first-order chi connectivity index (χ1) is 5.82. The number of hydrogen-bond donors (Lipinski definition) is 1. The largest absolute Gasteiger partial charge is 0.744 e. The average molecular weight is 221 g/mol. The van der Waals surface area contributed by atoms with Crippen LogP contribution in [0.2, 0.25) is 5.02 Å². The van der Waals surface area contributed by atoms with Gasteiger partial charge in [0.1, 0.15) is 10.1 Å². The summed E-state index contributed by atoms with van der Waals surface area (Å²) in [6, 6.07) is 2.42. The molecular weight excluding hydrogens is 214 g/mol. The third-order valence-corrected chi connectivity index (χ3v) is 2.86. The van der Waals surface area contributed by atoms with Crippen LogP contribution < -0.4 is 5.73 Å². The standard InChI is InChI=1S/C7H8ClNO3S/c1-4-2-7(13(10,11)12)6(9)3-5(4)8/h2-3H,9H2,1H3,(H,10,11,12)/p-1. The molecule has 0 fully saturated rings. The second kappa shape index (κ2) is 3.17. The minimum absolute atomic E-state index is 0.120. The van der Waals surface area contributed by atoms with E-state index < -0.39 is 15.0 Å². The summed E-state index contributed by atoms with van der Waals surface area (Å²) in [5.41, 5.74) is 5.70. The van der Waals surface area contributed by atoms with Crippen molar-refractivity contribution in [3.8, 4) is 0 Å². The maximum Gasteiger partial charge on any atom is 0.126 e. The zero-order valence-corrected chi connectivity index (χ0v) is 8.32. The quantitative estimate of drug-likeness (QED) is 0.568. The maximum absolute atomic E-state index is 10.6. The molecule has 0 heterocycles. The van der Waals surface area contributed by atoms with E-state index in [9.17, 15) is 13.0 Å². The summed E-state index contributed by atoms with van der Waals surface area (Å²) >= 11 is 5.66. The lowest BCUT2D eigenvalue weighted by Gasteiger charge is -2.11. The zero-order chi connectivity index (χ0) is 10.2. The fraction of sp³-hybridized carbons (Fsp3) is 0.143. The van der Waals surface area contributed by atoms with E-state index in [1.807, 2.05) is 0 Å². The van der Waals surface area contributed by atoms with Crippen LogP contribution in [-0.4, -0.2) is 13.0 Å². The molecule has 13 heavy (non-hydrogen) atoms. The van der Waals surface area contributed by atoms with Crippen molar-refractivity contribution in [2.45, 2.75) is 11.8 Å². The highest BCUT2D eigenvalue weighted by molar-refractivity contribution is 7.86. The molecule has 1 aromatic carbocycles. The van der Waals surface area contributed by atoms with Crippen LogP contribution in [0.25, 0.3) is 0 Å². The maximum atomic E-state index is 10.6. The van der Waals surface area contributed by atoms with Gasteiger partial charge in [-0.25, -0.2) is 8.42 Å². The van der Waals surface area contributed by atoms with E-state index in [2.05, 4.69) is 0 Å². The van der Waals surface area contributed by atoms with Crippen LogP contribution in [-0.2, 0) is 10.1 Å². The molecule has 0 aliphatic rings. The second-order valence-electron chi connectivity index (χ2n) is 2.59. The Balaban J connectivity index is 3.50. The highest BCUT2D eigenvalue weighted by Crippen LogP contribution is 2.25. The van der Waals surface area contributed by atoms with E-state index in [-0.39, 0.29) is 5.69 Å². The SMILES string of the molecule is Cc1cc(S(=O)(=O)[O-])c(N)cc1Cl. The summed E-state index contributed by atoms with van der Waals surface area (Å²) in [5, 5.41) is 0.338. The van der Waals surface area contributed by atoms with Gasteiger partial charge in [-0.05, 0) is 24.6 Å². The number of halogens is 1. The summed E-state index contributed by atoms with van der Waals surface area (Å²) < 4.78 is 31.9. The van der Waals surface area contributed by atoms with Crippen LogP contribution in [0.3, 0.4) is 0 Å². The van der Waals surface area contributed by atoms with Crippen molar-refractivity contribution in [2.24, 2.45) is 0 Å². The molecule has 0 amide bonds. The summed E-state index contributed by atoms with van der Waals surface area (Å²) in [6.07, 6.45) is 0. The number of nitrogen functional groups attached to an aromatic ring is 1. The van der Waals surface area contributed by atoms with Crippen molar-refractivity contribution >= 4 is 27.4 Å². The Labute approximate surface area is 81.1 Å². The lowest BCUT2D eigenvalue weighted by molar-refractivity contribution is 0.463. The van der Waals surface area contributed by atoms with Crippen molar-refractivity contribution in [1.82, 2.24) is 0 Å². The zero-order valence-electron chi connectivity index (χ0n) is 6.74. The van der Waals surface area contributed by atoms with Crippen molar-refractivity contribution in [2.75, 3.05) is 5.73 Å². The van der Waals surface area contributed by atoms with Crippen molar-refractivity contribution < 1.29 is 13.0 Å². The van der Waals surface area contributed by atoms with Gasteiger partial charge in [-0.3, -0.25) is 0 Å². The first-order valence-corrected chi connectivity index (χ1v) is 5.12. The van der Waals surface area contributed by atoms with E-state index in [1.165, 1.54) is 12.1 Å². The number of hydrogen-bond acceptors (Lipinski definition) is 4. The van der Waals surface area contributed by atoms with Crippen molar-refractivity contribution in [3.63, 3.8) is 0 Å². The van der Waals surface area contributed by atoms with E-state index in [0.717, 1.165) is 0 Å². The number of anilines is 1. The Morgan fingerprint density at radius 2 is 2.00 bits per heavy atom. The topological polar surface area (TPSA) is 83.2 Å². The molecule has 2 N–H and O–H groups in total. The fourth-order valence-electron chi connectivity index (χ4n) is 0.887.